The van der Waals surface area contributed by atoms with Crippen LogP contribution in [0.5, 0.6) is 0 Å². The van der Waals surface area contributed by atoms with Crippen LogP contribution in [0.2, 0.25) is 0 Å². The third-order valence-electron chi connectivity index (χ3n) is 2.64. The molecule has 1 unspecified atom stereocenters. The highest BCUT2D eigenvalue weighted by molar-refractivity contribution is 7.14. The van der Waals surface area contributed by atoms with Gasteiger partial charge in [0.1, 0.15) is 0 Å². The number of nitrogens with one attached hydrogen (secondary N) is 1. The Kier molecular flexibility index (Phi) is 2.70. The van der Waals surface area contributed by atoms with Crippen LogP contribution in [0, 0.1) is 13.8 Å². The predicted molar refractivity (Wildman–Crippen MR) is 59.1 cm³/mol. The van der Waals surface area contributed by atoms with Gasteiger partial charge in [-0.3, -0.25) is 4.79 Å². The first-order chi connectivity index (χ1) is 6.68. The minimum Gasteiger partial charge on any atom is -0.307 e. The maximum atomic E-state index is 12.0. The first kappa shape index (κ1) is 9.87. The minimum atomic E-state index is 0.0757. The average Bonchev–Trinajstić information content (AvgIpc) is 2.73. The molecule has 0 amide bonds. The van der Waals surface area contributed by atoms with Crippen LogP contribution in [0.4, 0.5) is 0 Å². The Morgan fingerprint density at radius 1 is 1.57 bits per heavy atom. The standard InChI is InChI=1S/C11H15NOS/c1-7-6-8(2)14-11(7)10(13)9-4-3-5-12-9/h6,9,12H,3-5H2,1-2H3. The summed E-state index contributed by atoms with van der Waals surface area (Å²) in [5, 5.41) is 3.25. The topological polar surface area (TPSA) is 29.1 Å². The third kappa shape index (κ3) is 1.74. The lowest BCUT2D eigenvalue weighted by Gasteiger charge is -2.07. The summed E-state index contributed by atoms with van der Waals surface area (Å²) in [6.45, 7) is 5.06. The number of carbonyl (C=O) groups is 1. The molecule has 0 aromatic carbocycles. The van der Waals surface area contributed by atoms with Crippen LogP contribution in [-0.2, 0) is 0 Å². The normalized spacial score (nSPS) is 21.4. The third-order valence-corrected chi connectivity index (χ3v) is 3.81. The van der Waals surface area contributed by atoms with Crippen LogP contribution in [0.25, 0.3) is 0 Å². The van der Waals surface area contributed by atoms with E-state index in [1.54, 1.807) is 11.3 Å². The highest BCUT2D eigenvalue weighted by atomic mass is 32.1. The largest absolute Gasteiger partial charge is 0.307 e. The van der Waals surface area contributed by atoms with Crippen molar-refractivity contribution in [3.05, 3.63) is 21.4 Å². The Balaban J connectivity index is 2.21. The summed E-state index contributed by atoms with van der Waals surface area (Å²) in [5.41, 5.74) is 1.13. The molecule has 0 radical (unpaired) electrons. The molecule has 1 aromatic heterocycles. The molecule has 3 heteroatoms. The van der Waals surface area contributed by atoms with E-state index in [4.69, 9.17) is 0 Å². The van der Waals surface area contributed by atoms with Crippen molar-refractivity contribution < 1.29 is 4.79 Å². The number of Topliss-reactive ketones (excluding diaryl/α,β-unsaturated/α-hetero) is 1. The van der Waals surface area contributed by atoms with Crippen LogP contribution in [0.1, 0.15) is 33.0 Å². The van der Waals surface area contributed by atoms with Crippen molar-refractivity contribution in [2.45, 2.75) is 32.7 Å². The van der Waals surface area contributed by atoms with E-state index < -0.39 is 0 Å². The molecule has 0 bridgehead atoms. The molecule has 1 aliphatic rings. The molecule has 1 aliphatic heterocycles. The van der Waals surface area contributed by atoms with Crippen molar-refractivity contribution in [1.29, 1.82) is 0 Å². The van der Waals surface area contributed by atoms with E-state index in [2.05, 4.69) is 18.3 Å². The molecule has 14 heavy (non-hydrogen) atoms. The van der Waals surface area contributed by atoms with Crippen LogP contribution in [0.15, 0.2) is 6.07 Å². The van der Waals surface area contributed by atoms with Gasteiger partial charge >= 0.3 is 0 Å². The summed E-state index contributed by atoms with van der Waals surface area (Å²) < 4.78 is 0. The molecule has 0 saturated carbocycles. The lowest BCUT2D eigenvalue weighted by molar-refractivity contribution is 0.0956. The molecule has 1 N–H and O–H groups in total. The Morgan fingerprint density at radius 3 is 2.86 bits per heavy atom. The molecular formula is C11H15NOS. The zero-order valence-corrected chi connectivity index (χ0v) is 9.41. The fraction of sp³-hybridized carbons (Fsp3) is 0.545. The molecule has 2 heterocycles. The number of rotatable bonds is 2. The van der Waals surface area contributed by atoms with Crippen molar-refractivity contribution >= 4 is 17.1 Å². The summed E-state index contributed by atoms with van der Waals surface area (Å²) in [4.78, 5) is 14.2. The molecule has 0 spiro atoms. The van der Waals surface area contributed by atoms with Crippen molar-refractivity contribution in [2.24, 2.45) is 0 Å². The fourth-order valence-corrected chi connectivity index (χ4v) is 2.97. The first-order valence-electron chi connectivity index (χ1n) is 5.03. The van der Waals surface area contributed by atoms with Gasteiger partial charge in [0.25, 0.3) is 0 Å². The molecule has 0 aliphatic carbocycles. The number of hydrogen-bond donors (Lipinski definition) is 1. The lowest BCUT2D eigenvalue weighted by atomic mass is 10.1. The van der Waals surface area contributed by atoms with E-state index in [-0.39, 0.29) is 11.8 Å². The van der Waals surface area contributed by atoms with Crippen molar-refractivity contribution in [3.63, 3.8) is 0 Å². The second-order valence-corrected chi connectivity index (χ2v) is 5.14. The van der Waals surface area contributed by atoms with Gasteiger partial charge in [-0.05, 0) is 44.9 Å². The monoisotopic (exact) mass is 209 g/mol. The second-order valence-electron chi connectivity index (χ2n) is 3.88. The molecule has 1 atom stereocenters. The summed E-state index contributed by atoms with van der Waals surface area (Å²) in [6.07, 6.45) is 2.12. The SMILES string of the molecule is Cc1cc(C)c(C(=O)C2CCCN2)s1. The van der Waals surface area contributed by atoms with Crippen LogP contribution < -0.4 is 5.32 Å². The zero-order valence-electron chi connectivity index (χ0n) is 8.59. The molecule has 2 rings (SSSR count). The summed E-state index contributed by atoms with van der Waals surface area (Å²) in [6, 6.07) is 2.17. The molecule has 76 valence electrons. The quantitative estimate of drug-likeness (QED) is 0.757. The van der Waals surface area contributed by atoms with Gasteiger partial charge in [0.2, 0.25) is 0 Å². The lowest BCUT2D eigenvalue weighted by Crippen LogP contribution is -2.30. The summed E-state index contributed by atoms with van der Waals surface area (Å²) in [5.74, 6) is 0.290. The van der Waals surface area contributed by atoms with E-state index in [1.807, 2.05) is 6.92 Å². The van der Waals surface area contributed by atoms with Crippen LogP contribution in [0.3, 0.4) is 0 Å². The van der Waals surface area contributed by atoms with Gasteiger partial charge in [-0.1, -0.05) is 0 Å². The Morgan fingerprint density at radius 2 is 2.36 bits per heavy atom. The summed E-state index contributed by atoms with van der Waals surface area (Å²) in [7, 11) is 0. The molecule has 1 fully saturated rings. The average molecular weight is 209 g/mol. The minimum absolute atomic E-state index is 0.0757. The van der Waals surface area contributed by atoms with E-state index in [1.165, 1.54) is 4.88 Å². The molecule has 1 aromatic rings. The van der Waals surface area contributed by atoms with E-state index in [0.717, 1.165) is 29.8 Å². The number of ketones is 1. The van der Waals surface area contributed by atoms with Crippen LogP contribution >= 0.6 is 11.3 Å². The Hall–Kier alpha value is -0.670. The highest BCUT2D eigenvalue weighted by Crippen LogP contribution is 2.24. The van der Waals surface area contributed by atoms with Crippen LogP contribution in [-0.4, -0.2) is 18.4 Å². The molecule has 2 nitrogen and oxygen atoms in total. The van der Waals surface area contributed by atoms with Crippen molar-refractivity contribution in [1.82, 2.24) is 5.32 Å². The van der Waals surface area contributed by atoms with Gasteiger partial charge in [-0.2, -0.15) is 0 Å². The number of carbonyl (C=O) groups excluding carboxylic acids is 1. The zero-order chi connectivity index (χ0) is 10.1. The van der Waals surface area contributed by atoms with E-state index >= 15 is 0 Å². The van der Waals surface area contributed by atoms with Gasteiger partial charge in [0.15, 0.2) is 5.78 Å². The van der Waals surface area contributed by atoms with Crippen molar-refractivity contribution in [3.8, 4) is 0 Å². The van der Waals surface area contributed by atoms with Gasteiger partial charge in [-0.25, -0.2) is 0 Å². The Bertz CT molecular complexity index is 350. The van der Waals surface area contributed by atoms with E-state index in [0.29, 0.717) is 0 Å². The smallest absolute Gasteiger partial charge is 0.189 e. The van der Waals surface area contributed by atoms with Gasteiger partial charge in [-0.15, -0.1) is 11.3 Å². The fourth-order valence-electron chi connectivity index (χ4n) is 1.95. The van der Waals surface area contributed by atoms with Crippen molar-refractivity contribution in [2.75, 3.05) is 6.54 Å². The number of thiophene rings is 1. The molecular weight excluding hydrogens is 194 g/mol. The maximum absolute atomic E-state index is 12.0. The Labute approximate surface area is 88.3 Å². The highest BCUT2D eigenvalue weighted by Gasteiger charge is 2.25. The summed E-state index contributed by atoms with van der Waals surface area (Å²) >= 11 is 1.62. The molecule has 1 saturated heterocycles. The predicted octanol–water partition coefficient (Wildman–Crippen LogP) is 2.30. The van der Waals surface area contributed by atoms with Gasteiger partial charge in [0.05, 0.1) is 10.9 Å². The first-order valence-corrected chi connectivity index (χ1v) is 5.85. The number of hydrogen-bond acceptors (Lipinski definition) is 3. The second kappa shape index (κ2) is 3.83. The van der Waals surface area contributed by atoms with E-state index in [9.17, 15) is 4.79 Å². The van der Waals surface area contributed by atoms with Gasteiger partial charge in [0, 0.05) is 4.88 Å². The van der Waals surface area contributed by atoms with Gasteiger partial charge < -0.3 is 5.32 Å². The maximum Gasteiger partial charge on any atom is 0.189 e. The number of aryl methyl sites for hydroxylation is 2.